The molecule has 6 rings (SSSR count). The Kier molecular flexibility index (Phi) is 7.77. The van der Waals surface area contributed by atoms with E-state index in [1.807, 2.05) is 30.3 Å². The van der Waals surface area contributed by atoms with Crippen molar-refractivity contribution in [3.05, 3.63) is 113 Å². The van der Waals surface area contributed by atoms with Gasteiger partial charge < -0.3 is 4.90 Å². The van der Waals surface area contributed by atoms with Crippen molar-refractivity contribution in [2.75, 3.05) is 31.1 Å². The van der Waals surface area contributed by atoms with Crippen LogP contribution in [0.25, 0.3) is 21.3 Å². The molecule has 1 aliphatic heterocycles. The minimum absolute atomic E-state index is 0.127. The average molecular weight is 603 g/mol. The van der Waals surface area contributed by atoms with Crippen LogP contribution < -0.4 is 9.62 Å². The van der Waals surface area contributed by atoms with Crippen molar-refractivity contribution >= 4 is 54.8 Å². The SMILES string of the molecule is O=C(NS(=O)(=O)c1nc2ccccc2s1)c1ccc(N2CCN(Cc3ccccc3-c3ccc(Cl)cc3)CC2)cc1. The van der Waals surface area contributed by atoms with Crippen LogP contribution in [0.2, 0.25) is 5.02 Å². The summed E-state index contributed by atoms with van der Waals surface area (Å²) in [5.41, 5.74) is 5.50. The quantitative estimate of drug-likeness (QED) is 0.244. The number of para-hydroxylation sites is 1. The maximum Gasteiger partial charge on any atom is 0.291 e. The highest BCUT2D eigenvalue weighted by molar-refractivity contribution is 7.92. The van der Waals surface area contributed by atoms with Crippen molar-refractivity contribution < 1.29 is 13.2 Å². The first-order chi connectivity index (χ1) is 19.9. The molecule has 0 spiro atoms. The van der Waals surface area contributed by atoms with Crippen molar-refractivity contribution in [3.8, 4) is 11.1 Å². The Labute approximate surface area is 248 Å². The summed E-state index contributed by atoms with van der Waals surface area (Å²) in [6.45, 7) is 4.35. The number of rotatable bonds is 7. The second kappa shape index (κ2) is 11.6. The van der Waals surface area contributed by atoms with Crippen molar-refractivity contribution in [1.29, 1.82) is 0 Å². The lowest BCUT2D eigenvalue weighted by molar-refractivity contribution is 0.0981. The Morgan fingerprint density at radius 3 is 2.27 bits per heavy atom. The molecule has 0 aliphatic carbocycles. The van der Waals surface area contributed by atoms with E-state index in [9.17, 15) is 13.2 Å². The topological polar surface area (TPSA) is 82.6 Å². The van der Waals surface area contributed by atoms with Crippen molar-refractivity contribution in [1.82, 2.24) is 14.6 Å². The lowest BCUT2D eigenvalue weighted by Gasteiger charge is -2.36. The molecule has 1 saturated heterocycles. The number of halogens is 1. The lowest BCUT2D eigenvalue weighted by Crippen LogP contribution is -2.46. The average Bonchev–Trinajstić information content (AvgIpc) is 3.44. The third-order valence-corrected chi connectivity index (χ3v) is 10.2. The number of nitrogens with one attached hydrogen (secondary N) is 1. The molecular weight excluding hydrogens is 576 g/mol. The zero-order chi connectivity index (χ0) is 28.4. The molecule has 1 aliphatic rings. The first-order valence-corrected chi connectivity index (χ1v) is 15.9. The summed E-state index contributed by atoms with van der Waals surface area (Å²) in [6, 6.07) is 30.6. The summed E-state index contributed by atoms with van der Waals surface area (Å²) in [5.74, 6) is -0.681. The second-order valence-electron chi connectivity index (χ2n) is 9.86. The number of thiazole rings is 1. The van der Waals surface area contributed by atoms with Crippen LogP contribution in [0.4, 0.5) is 5.69 Å². The van der Waals surface area contributed by atoms with Crippen LogP contribution in [0.5, 0.6) is 0 Å². The van der Waals surface area contributed by atoms with E-state index >= 15 is 0 Å². The minimum atomic E-state index is -4.07. The third kappa shape index (κ3) is 6.13. The fourth-order valence-electron chi connectivity index (χ4n) is 4.99. The summed E-state index contributed by atoms with van der Waals surface area (Å²) in [4.78, 5) is 21.6. The van der Waals surface area contributed by atoms with Crippen molar-refractivity contribution in [2.45, 2.75) is 10.9 Å². The van der Waals surface area contributed by atoms with Gasteiger partial charge in [-0.3, -0.25) is 9.69 Å². The number of amides is 1. The summed E-state index contributed by atoms with van der Waals surface area (Å²) < 4.78 is 28.3. The number of benzene rings is 4. The Morgan fingerprint density at radius 2 is 1.54 bits per heavy atom. The molecule has 0 bridgehead atoms. The summed E-state index contributed by atoms with van der Waals surface area (Å²) in [7, 11) is -4.07. The van der Waals surface area contributed by atoms with Crippen LogP contribution in [-0.4, -0.2) is 50.4 Å². The highest BCUT2D eigenvalue weighted by Crippen LogP contribution is 2.28. The molecule has 4 aromatic carbocycles. The predicted octanol–water partition coefficient (Wildman–Crippen LogP) is 6.06. The number of hydrogen-bond donors (Lipinski definition) is 1. The lowest BCUT2D eigenvalue weighted by atomic mass is 9.99. The van der Waals surface area contributed by atoms with Gasteiger partial charge in [0.2, 0.25) is 4.34 Å². The van der Waals surface area contributed by atoms with Gasteiger partial charge in [0.25, 0.3) is 15.9 Å². The van der Waals surface area contributed by atoms with Crippen molar-refractivity contribution in [3.63, 3.8) is 0 Å². The number of anilines is 1. The molecule has 10 heteroatoms. The first-order valence-electron chi connectivity index (χ1n) is 13.2. The van der Waals surface area contributed by atoms with E-state index in [-0.39, 0.29) is 9.90 Å². The molecule has 0 atom stereocenters. The number of carbonyl (C=O) groups is 1. The van der Waals surface area contributed by atoms with Crippen LogP contribution in [0.3, 0.4) is 0 Å². The normalized spacial score (nSPS) is 14.3. The van der Waals surface area contributed by atoms with Gasteiger partial charge in [0.15, 0.2) is 0 Å². The van der Waals surface area contributed by atoms with Crippen LogP contribution in [0.1, 0.15) is 15.9 Å². The fourth-order valence-corrected chi connectivity index (χ4v) is 7.31. The van der Waals surface area contributed by atoms with E-state index in [1.54, 1.807) is 30.3 Å². The Morgan fingerprint density at radius 1 is 0.854 bits per heavy atom. The second-order valence-corrected chi connectivity index (χ2v) is 13.2. The standard InChI is InChI=1S/C31H27ClN4O3S2/c32-25-13-9-22(10-14-25)27-6-2-1-5-24(27)21-35-17-19-36(20-18-35)26-15-11-23(12-16-26)30(37)34-41(38,39)31-33-28-7-3-4-8-29(28)40-31/h1-16H,17-21H2,(H,34,37). The first kappa shape index (κ1) is 27.4. The molecular formula is C31H27ClN4O3S2. The van der Waals surface area contributed by atoms with Crippen LogP contribution >= 0.6 is 22.9 Å². The maximum absolute atomic E-state index is 12.8. The van der Waals surface area contributed by atoms with Crippen LogP contribution in [0.15, 0.2) is 101 Å². The third-order valence-electron chi connectivity index (χ3n) is 7.16. The molecule has 1 aromatic heterocycles. The van der Waals surface area contributed by atoms with Gasteiger partial charge in [0, 0.05) is 49.0 Å². The summed E-state index contributed by atoms with van der Waals surface area (Å²) in [5, 5.41) is 0.727. The molecule has 5 aromatic rings. The number of hydrogen-bond acceptors (Lipinski definition) is 7. The van der Waals surface area contributed by atoms with Gasteiger partial charge >= 0.3 is 0 Å². The van der Waals surface area contributed by atoms with E-state index in [2.05, 4.69) is 55.9 Å². The monoisotopic (exact) mass is 602 g/mol. The highest BCUT2D eigenvalue weighted by atomic mass is 35.5. The minimum Gasteiger partial charge on any atom is -0.369 e. The molecule has 7 nitrogen and oxygen atoms in total. The van der Waals surface area contributed by atoms with E-state index in [4.69, 9.17) is 11.6 Å². The van der Waals surface area contributed by atoms with Gasteiger partial charge in [-0.15, -0.1) is 11.3 Å². The van der Waals surface area contributed by atoms with E-state index in [0.29, 0.717) is 5.52 Å². The number of piperazine rings is 1. The van der Waals surface area contributed by atoms with E-state index in [0.717, 1.165) is 65.0 Å². The smallest absolute Gasteiger partial charge is 0.291 e. The molecule has 0 unspecified atom stereocenters. The maximum atomic E-state index is 12.8. The van der Waals surface area contributed by atoms with E-state index < -0.39 is 15.9 Å². The Bertz CT molecular complexity index is 1760. The van der Waals surface area contributed by atoms with Gasteiger partial charge in [0.05, 0.1) is 10.2 Å². The Hall–Kier alpha value is -3.76. The Balaban J connectivity index is 1.06. The molecule has 1 amide bonds. The predicted molar refractivity (Wildman–Crippen MR) is 165 cm³/mol. The molecule has 1 N–H and O–H groups in total. The van der Waals surface area contributed by atoms with Gasteiger partial charge in [-0.25, -0.2) is 9.71 Å². The zero-order valence-corrected chi connectivity index (χ0v) is 24.4. The van der Waals surface area contributed by atoms with Crippen LogP contribution in [0, 0.1) is 0 Å². The molecule has 208 valence electrons. The number of carbonyl (C=O) groups excluding carboxylic acids is 1. The zero-order valence-electron chi connectivity index (χ0n) is 22.0. The molecule has 2 heterocycles. The van der Waals surface area contributed by atoms with Gasteiger partial charge in [-0.2, -0.15) is 8.42 Å². The van der Waals surface area contributed by atoms with Crippen LogP contribution in [-0.2, 0) is 16.6 Å². The largest absolute Gasteiger partial charge is 0.369 e. The van der Waals surface area contributed by atoms with Gasteiger partial charge in [-0.1, -0.05) is 60.1 Å². The fraction of sp³-hybridized carbons (Fsp3) is 0.161. The number of sulfonamides is 1. The number of aromatic nitrogens is 1. The molecule has 0 radical (unpaired) electrons. The van der Waals surface area contributed by atoms with Gasteiger partial charge in [0.1, 0.15) is 0 Å². The molecule has 41 heavy (non-hydrogen) atoms. The van der Waals surface area contributed by atoms with Gasteiger partial charge in [-0.05, 0) is 65.2 Å². The molecule has 1 fully saturated rings. The summed E-state index contributed by atoms with van der Waals surface area (Å²) in [6.07, 6.45) is 0. The number of fused-ring (bicyclic) bond motifs is 1. The van der Waals surface area contributed by atoms with E-state index in [1.165, 1.54) is 11.1 Å². The summed E-state index contributed by atoms with van der Waals surface area (Å²) >= 11 is 7.12. The number of nitrogens with zero attached hydrogens (tertiary/aromatic N) is 3. The molecule has 0 saturated carbocycles. The highest BCUT2D eigenvalue weighted by Gasteiger charge is 2.24. The van der Waals surface area contributed by atoms with Crippen molar-refractivity contribution in [2.24, 2.45) is 0 Å².